The van der Waals surface area contributed by atoms with E-state index in [4.69, 9.17) is 51.6 Å². The van der Waals surface area contributed by atoms with Crippen molar-refractivity contribution >= 4 is 35.1 Å². The van der Waals surface area contributed by atoms with Gasteiger partial charge in [-0.2, -0.15) is 9.97 Å². The molecule has 0 amide bonds. The van der Waals surface area contributed by atoms with Gasteiger partial charge in [-0.05, 0) is 59.4 Å². The van der Waals surface area contributed by atoms with Crippen LogP contribution in [0.5, 0.6) is 23.5 Å². The third-order valence-corrected chi connectivity index (χ3v) is 10.6. The van der Waals surface area contributed by atoms with Crippen LogP contribution in [-0.4, -0.2) is 108 Å². The summed E-state index contributed by atoms with van der Waals surface area (Å²) in [4.78, 5) is 36.2. The molecule has 2 aliphatic rings. The van der Waals surface area contributed by atoms with Crippen LogP contribution < -0.4 is 18.9 Å². The Morgan fingerprint density at radius 3 is 1.48 bits per heavy atom. The van der Waals surface area contributed by atoms with Gasteiger partial charge in [0, 0.05) is 37.3 Å². The summed E-state index contributed by atoms with van der Waals surface area (Å²) in [7, 11) is 2.99. The van der Waals surface area contributed by atoms with Gasteiger partial charge in [-0.25, -0.2) is 0 Å². The Hall–Kier alpha value is -4.70. The number of rotatable bonds is 15. The average Bonchev–Trinajstić information content (AvgIpc) is 3.18. The number of morpholine rings is 2. The minimum Gasteiger partial charge on any atom is -0.481 e. The molecule has 14 nitrogen and oxygen atoms in total. The first-order valence-electron chi connectivity index (χ1n) is 18.0. The predicted molar refractivity (Wildman–Crippen MR) is 207 cm³/mol. The van der Waals surface area contributed by atoms with E-state index in [1.54, 1.807) is 21.9 Å². The van der Waals surface area contributed by atoms with Crippen LogP contribution >= 0.6 is 23.2 Å². The predicted octanol–water partition coefficient (Wildman–Crippen LogP) is 5.81. The molecule has 1 unspecified atom stereocenters. The molecule has 2 saturated heterocycles. The van der Waals surface area contributed by atoms with Crippen LogP contribution in [0, 0.1) is 13.8 Å². The highest BCUT2D eigenvalue weighted by molar-refractivity contribution is 6.32. The van der Waals surface area contributed by atoms with Crippen LogP contribution in [0.15, 0.2) is 48.5 Å². The summed E-state index contributed by atoms with van der Waals surface area (Å²) in [5, 5.41) is 19.9. The lowest BCUT2D eigenvalue weighted by molar-refractivity contribution is -0.151. The summed E-state index contributed by atoms with van der Waals surface area (Å²) in [6.45, 7) is 6.94. The molecule has 56 heavy (non-hydrogen) atoms. The molecule has 0 radical (unpaired) electrons. The van der Waals surface area contributed by atoms with Gasteiger partial charge in [-0.1, -0.05) is 59.6 Å². The largest absolute Gasteiger partial charge is 0.481 e. The van der Waals surface area contributed by atoms with Gasteiger partial charge in [0.2, 0.25) is 23.5 Å². The first kappa shape index (κ1) is 40.9. The Morgan fingerprint density at radius 2 is 1.11 bits per heavy atom. The van der Waals surface area contributed by atoms with Gasteiger partial charge in [0.15, 0.2) is 0 Å². The highest BCUT2D eigenvalue weighted by Gasteiger charge is 2.32. The monoisotopic (exact) mass is 810 g/mol. The summed E-state index contributed by atoms with van der Waals surface area (Å²) >= 11 is 13.3. The van der Waals surface area contributed by atoms with Crippen molar-refractivity contribution in [3.05, 3.63) is 92.0 Å². The molecule has 0 saturated carbocycles. The van der Waals surface area contributed by atoms with E-state index >= 15 is 0 Å². The number of nitrogens with zero attached hydrogens (tertiary/aromatic N) is 4. The van der Waals surface area contributed by atoms with E-state index in [2.05, 4.69) is 22.1 Å². The summed E-state index contributed by atoms with van der Waals surface area (Å²) in [5.41, 5.74) is 7.19. The van der Waals surface area contributed by atoms with Crippen LogP contribution in [-0.2, 0) is 45.4 Å². The van der Waals surface area contributed by atoms with Crippen LogP contribution in [0.25, 0.3) is 11.1 Å². The zero-order chi connectivity index (χ0) is 39.9. The second-order valence-electron chi connectivity index (χ2n) is 13.4. The minimum atomic E-state index is -0.958. The lowest BCUT2D eigenvalue weighted by Crippen LogP contribution is -2.49. The molecule has 6 rings (SSSR count). The SMILES string of the molecule is COc1nc(OCc2cccc(-c3cccc(COc4nc(OC)c(CN5CCOC[C@H]5C(=O)O)cc4Cl)c3C)c2C)c(Cl)cc1CN1CCOCC1C(=O)O. The van der Waals surface area contributed by atoms with Crippen molar-refractivity contribution in [2.24, 2.45) is 0 Å². The molecular weight excluding hydrogens is 767 g/mol. The fraction of sp³-hybridized carbons (Fsp3) is 0.400. The summed E-state index contributed by atoms with van der Waals surface area (Å²) in [6.07, 6.45) is 0. The Bertz CT molecular complexity index is 1920. The van der Waals surface area contributed by atoms with Gasteiger partial charge in [0.25, 0.3) is 0 Å². The van der Waals surface area contributed by atoms with E-state index in [1.807, 2.05) is 38.1 Å². The van der Waals surface area contributed by atoms with Gasteiger partial charge < -0.3 is 38.6 Å². The summed E-state index contributed by atoms with van der Waals surface area (Å²) in [6, 6.07) is 13.8. The third-order valence-electron chi connectivity index (χ3n) is 10.1. The van der Waals surface area contributed by atoms with Crippen LogP contribution in [0.3, 0.4) is 0 Å². The molecule has 2 aromatic carbocycles. The first-order chi connectivity index (χ1) is 27.0. The van der Waals surface area contributed by atoms with Crippen molar-refractivity contribution in [3.8, 4) is 34.6 Å². The normalized spacial score (nSPS) is 17.7. The standard InChI is InChI=1S/C40H44Cl2N4O10/c1-23-25(19-55-37-31(41)15-27(35(43-37)51-3)17-45-11-13-53-21-33(45)39(47)48)7-5-9-29(23)30-10-6-8-26(24(30)2)20-56-38-32(42)16-28(36(44-38)52-4)18-46-12-14-54-22-34(46)40(49)50/h5-10,15-16,33-34H,11-14,17-22H2,1-4H3,(H,47,48)(H,49,50)/t33-,34?/m0/s1. The van der Waals surface area contributed by atoms with Crippen LogP contribution in [0.2, 0.25) is 10.0 Å². The lowest BCUT2D eigenvalue weighted by atomic mass is 9.92. The number of benzene rings is 2. The van der Waals surface area contributed by atoms with Gasteiger partial charge in [-0.15, -0.1) is 0 Å². The van der Waals surface area contributed by atoms with Crippen molar-refractivity contribution in [1.29, 1.82) is 0 Å². The van der Waals surface area contributed by atoms with Gasteiger partial charge in [0.1, 0.15) is 35.3 Å². The number of pyridine rings is 2. The fourth-order valence-electron chi connectivity index (χ4n) is 6.87. The smallest absolute Gasteiger partial charge is 0.323 e. The van der Waals surface area contributed by atoms with Gasteiger partial charge >= 0.3 is 11.9 Å². The van der Waals surface area contributed by atoms with E-state index in [0.717, 1.165) is 33.4 Å². The maximum Gasteiger partial charge on any atom is 0.323 e. The molecule has 16 heteroatoms. The highest BCUT2D eigenvalue weighted by Crippen LogP contribution is 2.35. The molecule has 2 aromatic heterocycles. The Morgan fingerprint density at radius 1 is 0.696 bits per heavy atom. The van der Waals surface area contributed by atoms with Crippen molar-refractivity contribution < 1.29 is 48.2 Å². The molecule has 0 bridgehead atoms. The molecule has 4 aromatic rings. The highest BCUT2D eigenvalue weighted by atomic mass is 35.5. The van der Waals surface area contributed by atoms with Crippen molar-refractivity contribution in [2.75, 3.05) is 53.7 Å². The number of methoxy groups -OCH3 is 2. The number of hydrogen-bond donors (Lipinski definition) is 2. The van der Waals surface area contributed by atoms with Crippen molar-refractivity contribution in [3.63, 3.8) is 0 Å². The fourth-order valence-corrected chi connectivity index (χ4v) is 7.33. The first-order valence-corrected chi connectivity index (χ1v) is 18.7. The topological polar surface area (TPSA) is 162 Å². The quantitative estimate of drug-likeness (QED) is 0.148. The molecule has 2 aliphatic heterocycles. The van der Waals surface area contributed by atoms with Crippen LogP contribution in [0.4, 0.5) is 0 Å². The maximum absolute atomic E-state index is 11.8. The Labute approximate surface area is 334 Å². The molecule has 0 aliphatic carbocycles. The number of carboxylic acid groups (broad SMARTS) is 2. The zero-order valence-corrected chi connectivity index (χ0v) is 33.1. The Balaban J connectivity index is 1.15. The van der Waals surface area contributed by atoms with E-state index in [-0.39, 0.29) is 61.3 Å². The molecule has 298 valence electrons. The molecule has 2 fully saturated rings. The van der Waals surface area contributed by atoms with E-state index < -0.39 is 24.0 Å². The minimum absolute atomic E-state index is 0.100. The number of aliphatic carboxylic acids is 2. The second kappa shape index (κ2) is 18.5. The van der Waals surface area contributed by atoms with Gasteiger partial charge in [0.05, 0.1) is 40.6 Å². The number of carbonyl (C=O) groups is 2. The lowest BCUT2D eigenvalue weighted by Gasteiger charge is -2.33. The van der Waals surface area contributed by atoms with Crippen molar-refractivity contribution in [2.45, 2.75) is 52.2 Å². The molecule has 4 heterocycles. The number of halogens is 2. The van der Waals surface area contributed by atoms with E-state index in [0.29, 0.717) is 49.2 Å². The van der Waals surface area contributed by atoms with Crippen molar-refractivity contribution in [1.82, 2.24) is 19.8 Å². The molecule has 0 spiro atoms. The average molecular weight is 812 g/mol. The third kappa shape index (κ3) is 9.28. The number of aromatic nitrogens is 2. The number of ether oxygens (including phenoxy) is 6. The van der Waals surface area contributed by atoms with E-state index in [9.17, 15) is 19.8 Å². The van der Waals surface area contributed by atoms with E-state index in [1.165, 1.54) is 14.2 Å². The molecular formula is C40H44Cl2N4O10. The zero-order valence-electron chi connectivity index (χ0n) is 31.5. The number of hydrogen-bond acceptors (Lipinski definition) is 12. The summed E-state index contributed by atoms with van der Waals surface area (Å²) < 4.78 is 34.1. The maximum atomic E-state index is 11.8. The molecule has 2 N–H and O–H groups in total. The Kier molecular flexibility index (Phi) is 13.5. The summed E-state index contributed by atoms with van der Waals surface area (Å²) in [5.74, 6) is -0.916. The second-order valence-corrected chi connectivity index (χ2v) is 14.3. The number of carboxylic acids is 2. The van der Waals surface area contributed by atoms with Gasteiger partial charge in [-0.3, -0.25) is 19.4 Å². The van der Waals surface area contributed by atoms with Crippen LogP contribution in [0.1, 0.15) is 33.4 Å². The molecule has 2 atom stereocenters.